The number of hydrogen-bond acceptors (Lipinski definition) is 3. The molecule has 0 aromatic carbocycles. The van der Waals surface area contributed by atoms with Gasteiger partial charge in [-0.3, -0.25) is 0 Å². The van der Waals surface area contributed by atoms with E-state index in [1.807, 2.05) is 0 Å². The standard InChI is InChI=1S/C14H27NOS/c1-10-12(6-8-16-10)17-13-9-14(2,3)7-5-11(13)15-4/h10-13,15H,5-9H2,1-4H3. The van der Waals surface area contributed by atoms with Gasteiger partial charge in [-0.15, -0.1) is 0 Å². The molecule has 4 unspecified atom stereocenters. The predicted molar refractivity (Wildman–Crippen MR) is 75.7 cm³/mol. The van der Waals surface area contributed by atoms with Gasteiger partial charge in [0, 0.05) is 23.1 Å². The highest BCUT2D eigenvalue weighted by atomic mass is 32.2. The van der Waals surface area contributed by atoms with E-state index in [-0.39, 0.29) is 0 Å². The molecule has 100 valence electrons. The number of rotatable bonds is 3. The van der Waals surface area contributed by atoms with E-state index >= 15 is 0 Å². The van der Waals surface area contributed by atoms with E-state index in [2.05, 4.69) is 44.9 Å². The molecule has 4 atom stereocenters. The van der Waals surface area contributed by atoms with Crippen LogP contribution in [-0.4, -0.2) is 36.3 Å². The van der Waals surface area contributed by atoms with Crippen molar-refractivity contribution < 1.29 is 4.74 Å². The van der Waals surface area contributed by atoms with E-state index in [4.69, 9.17) is 4.74 Å². The minimum atomic E-state index is 0.447. The fourth-order valence-electron chi connectivity index (χ4n) is 3.11. The van der Waals surface area contributed by atoms with Crippen LogP contribution in [0.1, 0.15) is 46.5 Å². The molecule has 1 N–H and O–H groups in total. The summed E-state index contributed by atoms with van der Waals surface area (Å²) in [4.78, 5) is 0. The number of thioether (sulfide) groups is 1. The maximum Gasteiger partial charge on any atom is 0.0666 e. The van der Waals surface area contributed by atoms with Crippen molar-refractivity contribution in [2.24, 2.45) is 5.41 Å². The lowest BCUT2D eigenvalue weighted by atomic mass is 9.75. The summed E-state index contributed by atoms with van der Waals surface area (Å²) in [6, 6.07) is 0.695. The third-order valence-corrected chi connectivity index (χ3v) is 6.18. The molecule has 2 fully saturated rings. The van der Waals surface area contributed by atoms with Gasteiger partial charge in [-0.05, 0) is 45.1 Å². The Morgan fingerprint density at radius 2 is 2.00 bits per heavy atom. The average molecular weight is 257 g/mol. The summed E-state index contributed by atoms with van der Waals surface area (Å²) in [6.07, 6.45) is 5.70. The smallest absolute Gasteiger partial charge is 0.0666 e. The van der Waals surface area contributed by atoms with E-state index in [1.54, 1.807) is 0 Å². The molecular weight excluding hydrogens is 230 g/mol. The van der Waals surface area contributed by atoms with Gasteiger partial charge in [0.1, 0.15) is 0 Å². The molecule has 1 aliphatic carbocycles. The Morgan fingerprint density at radius 3 is 2.59 bits per heavy atom. The maximum atomic E-state index is 5.69. The van der Waals surface area contributed by atoms with Crippen LogP contribution in [0.5, 0.6) is 0 Å². The van der Waals surface area contributed by atoms with Crippen molar-refractivity contribution in [1.82, 2.24) is 5.32 Å². The van der Waals surface area contributed by atoms with E-state index in [1.165, 1.54) is 25.7 Å². The summed E-state index contributed by atoms with van der Waals surface area (Å²) in [7, 11) is 2.12. The Bertz CT molecular complexity index is 257. The Labute approximate surface area is 110 Å². The van der Waals surface area contributed by atoms with Crippen molar-refractivity contribution in [3.05, 3.63) is 0 Å². The zero-order valence-electron chi connectivity index (χ0n) is 11.7. The van der Waals surface area contributed by atoms with Crippen molar-refractivity contribution in [3.63, 3.8) is 0 Å². The highest BCUT2D eigenvalue weighted by molar-refractivity contribution is 8.00. The van der Waals surface area contributed by atoms with Crippen molar-refractivity contribution in [1.29, 1.82) is 0 Å². The Hall–Kier alpha value is 0.270. The molecule has 0 bridgehead atoms. The highest BCUT2D eigenvalue weighted by Crippen LogP contribution is 2.43. The largest absolute Gasteiger partial charge is 0.377 e. The molecule has 17 heavy (non-hydrogen) atoms. The lowest BCUT2D eigenvalue weighted by Gasteiger charge is -2.41. The van der Waals surface area contributed by atoms with Crippen molar-refractivity contribution >= 4 is 11.8 Å². The topological polar surface area (TPSA) is 21.3 Å². The molecule has 0 aromatic rings. The average Bonchev–Trinajstić information content (AvgIpc) is 2.64. The number of ether oxygens (including phenoxy) is 1. The molecule has 1 aliphatic heterocycles. The summed E-state index contributed by atoms with van der Waals surface area (Å²) in [6.45, 7) is 8.02. The van der Waals surface area contributed by atoms with E-state index < -0.39 is 0 Å². The molecule has 2 rings (SSSR count). The van der Waals surface area contributed by atoms with Gasteiger partial charge < -0.3 is 10.1 Å². The molecule has 0 aromatic heterocycles. The molecule has 0 amide bonds. The fraction of sp³-hybridized carbons (Fsp3) is 1.00. The van der Waals surface area contributed by atoms with Gasteiger partial charge in [-0.1, -0.05) is 13.8 Å². The van der Waals surface area contributed by atoms with Crippen molar-refractivity contribution in [3.8, 4) is 0 Å². The third-order valence-electron chi connectivity index (χ3n) is 4.36. The van der Waals surface area contributed by atoms with Gasteiger partial charge in [0.2, 0.25) is 0 Å². The van der Waals surface area contributed by atoms with Crippen LogP contribution in [0.4, 0.5) is 0 Å². The second kappa shape index (κ2) is 5.50. The SMILES string of the molecule is CNC1CCC(C)(C)CC1SC1CCOC1C. The van der Waals surface area contributed by atoms with Crippen molar-refractivity contribution in [2.45, 2.75) is 69.1 Å². The first kappa shape index (κ1) is 13.7. The van der Waals surface area contributed by atoms with Gasteiger partial charge in [0.25, 0.3) is 0 Å². The lowest BCUT2D eigenvalue weighted by Crippen LogP contribution is -2.44. The van der Waals surface area contributed by atoms with Gasteiger partial charge >= 0.3 is 0 Å². The Morgan fingerprint density at radius 1 is 1.24 bits per heavy atom. The first-order valence-corrected chi connectivity index (χ1v) is 7.90. The maximum absolute atomic E-state index is 5.69. The summed E-state index contributed by atoms with van der Waals surface area (Å²) in [5.41, 5.74) is 0.522. The van der Waals surface area contributed by atoms with E-state index in [0.717, 1.165) is 11.9 Å². The van der Waals surface area contributed by atoms with Crippen LogP contribution in [0, 0.1) is 5.41 Å². The minimum Gasteiger partial charge on any atom is -0.377 e. The molecule has 0 radical (unpaired) electrons. The van der Waals surface area contributed by atoms with Gasteiger partial charge in [0.05, 0.1) is 6.10 Å². The van der Waals surface area contributed by atoms with Crippen LogP contribution in [0.2, 0.25) is 0 Å². The van der Waals surface area contributed by atoms with Gasteiger partial charge in [0.15, 0.2) is 0 Å². The highest BCUT2D eigenvalue weighted by Gasteiger charge is 2.37. The predicted octanol–water partition coefficient (Wildman–Crippen LogP) is 3.06. The lowest BCUT2D eigenvalue weighted by molar-refractivity contribution is 0.127. The van der Waals surface area contributed by atoms with Crippen LogP contribution >= 0.6 is 11.8 Å². The van der Waals surface area contributed by atoms with Crippen LogP contribution in [0.3, 0.4) is 0 Å². The molecule has 3 heteroatoms. The Balaban J connectivity index is 1.95. The first-order valence-electron chi connectivity index (χ1n) is 6.96. The minimum absolute atomic E-state index is 0.447. The van der Waals surface area contributed by atoms with Crippen LogP contribution in [0.15, 0.2) is 0 Å². The number of hydrogen-bond donors (Lipinski definition) is 1. The fourth-order valence-corrected chi connectivity index (χ4v) is 5.10. The Kier molecular flexibility index (Phi) is 4.43. The van der Waals surface area contributed by atoms with Gasteiger partial charge in [-0.25, -0.2) is 0 Å². The normalized spacial score (nSPS) is 41.6. The second-order valence-corrected chi connectivity index (χ2v) is 7.86. The summed E-state index contributed by atoms with van der Waals surface area (Å²) < 4.78 is 5.69. The zero-order chi connectivity index (χ0) is 12.5. The molecule has 1 heterocycles. The van der Waals surface area contributed by atoms with Crippen molar-refractivity contribution in [2.75, 3.05) is 13.7 Å². The molecule has 2 aliphatic rings. The molecule has 1 saturated heterocycles. The quantitative estimate of drug-likeness (QED) is 0.839. The third kappa shape index (κ3) is 3.39. The molecule has 0 spiro atoms. The van der Waals surface area contributed by atoms with Gasteiger partial charge in [-0.2, -0.15) is 11.8 Å². The summed E-state index contributed by atoms with van der Waals surface area (Å²) in [5.74, 6) is 0. The molecule has 2 nitrogen and oxygen atoms in total. The summed E-state index contributed by atoms with van der Waals surface area (Å²) >= 11 is 2.18. The monoisotopic (exact) mass is 257 g/mol. The second-order valence-electron chi connectivity index (χ2n) is 6.38. The molecule has 1 saturated carbocycles. The van der Waals surface area contributed by atoms with Crippen LogP contribution in [0.25, 0.3) is 0 Å². The zero-order valence-corrected chi connectivity index (χ0v) is 12.5. The van der Waals surface area contributed by atoms with Crippen LogP contribution in [-0.2, 0) is 4.74 Å². The van der Waals surface area contributed by atoms with Crippen LogP contribution < -0.4 is 5.32 Å². The number of nitrogens with one attached hydrogen (secondary N) is 1. The first-order chi connectivity index (χ1) is 8.02. The summed E-state index contributed by atoms with van der Waals surface area (Å²) in [5, 5.41) is 4.99. The molecular formula is C14H27NOS. The van der Waals surface area contributed by atoms with E-state index in [9.17, 15) is 0 Å². The van der Waals surface area contributed by atoms with E-state index in [0.29, 0.717) is 22.8 Å².